The van der Waals surface area contributed by atoms with Crippen molar-refractivity contribution in [1.82, 2.24) is 9.88 Å². The smallest absolute Gasteiger partial charge is 0.323 e. The van der Waals surface area contributed by atoms with Gasteiger partial charge in [0.05, 0.1) is 29.1 Å². The van der Waals surface area contributed by atoms with Crippen LogP contribution in [0.5, 0.6) is 17.2 Å². The monoisotopic (exact) mass is 527 g/mol. The molecule has 0 aliphatic heterocycles. The second-order valence-corrected chi connectivity index (χ2v) is 8.76. The largest absolute Gasteiger partial charge is 0.492 e. The molecule has 0 atom stereocenters. The van der Waals surface area contributed by atoms with Gasteiger partial charge in [-0.3, -0.25) is 9.88 Å². The number of halogens is 1. The first-order chi connectivity index (χ1) is 18.9. The maximum atomic E-state index is 13.3. The first kappa shape index (κ1) is 27.4. The van der Waals surface area contributed by atoms with Crippen molar-refractivity contribution in [2.75, 3.05) is 31.1 Å². The van der Waals surface area contributed by atoms with E-state index >= 15 is 0 Å². The maximum absolute atomic E-state index is 13.3. The third-order valence-electron chi connectivity index (χ3n) is 6.32. The highest BCUT2D eigenvalue weighted by atomic mass is 19.1. The van der Waals surface area contributed by atoms with Gasteiger partial charge in [-0.25, -0.2) is 9.18 Å². The minimum Gasteiger partial charge on any atom is -0.492 e. The minimum absolute atomic E-state index is 0.398. The summed E-state index contributed by atoms with van der Waals surface area (Å²) in [6, 6.07) is 18.9. The van der Waals surface area contributed by atoms with Gasteiger partial charge < -0.3 is 20.1 Å². The molecule has 0 spiro atoms. The lowest BCUT2D eigenvalue weighted by Crippen LogP contribution is -2.31. The Morgan fingerprint density at radius 1 is 1.00 bits per heavy atom. The van der Waals surface area contributed by atoms with E-state index in [4.69, 9.17) is 15.2 Å². The number of amides is 2. The number of benzene rings is 3. The van der Waals surface area contributed by atoms with Crippen molar-refractivity contribution in [3.8, 4) is 23.3 Å². The van der Waals surface area contributed by atoms with Crippen molar-refractivity contribution < 1.29 is 18.7 Å². The van der Waals surface area contributed by atoms with Crippen molar-refractivity contribution in [2.24, 2.45) is 5.73 Å². The fourth-order valence-electron chi connectivity index (χ4n) is 4.24. The number of fused-ring (bicyclic) bond motifs is 1. The lowest BCUT2D eigenvalue weighted by molar-refractivity contribution is 0.249. The van der Waals surface area contributed by atoms with Gasteiger partial charge in [-0.2, -0.15) is 5.26 Å². The molecular weight excluding hydrogens is 497 g/mol. The number of ether oxygens (including phenoxy) is 2. The Morgan fingerprint density at radius 2 is 1.67 bits per heavy atom. The van der Waals surface area contributed by atoms with Gasteiger partial charge in [0.25, 0.3) is 0 Å². The Hall–Kier alpha value is -4.68. The van der Waals surface area contributed by atoms with Gasteiger partial charge in [0.1, 0.15) is 29.1 Å². The summed E-state index contributed by atoms with van der Waals surface area (Å²) in [5.74, 6) is 1.10. The van der Waals surface area contributed by atoms with Crippen LogP contribution in [0.3, 0.4) is 0 Å². The van der Waals surface area contributed by atoms with Gasteiger partial charge in [-0.1, -0.05) is 13.8 Å². The van der Waals surface area contributed by atoms with E-state index in [0.717, 1.165) is 26.1 Å². The predicted octanol–water partition coefficient (Wildman–Crippen LogP) is 6.37. The van der Waals surface area contributed by atoms with E-state index in [1.54, 1.807) is 48.7 Å². The number of carbonyl (C=O) groups excluding carboxylic acids is 1. The topological polar surface area (TPSA) is 105 Å². The molecule has 39 heavy (non-hydrogen) atoms. The number of nitriles is 1. The molecule has 0 fully saturated rings. The molecule has 4 rings (SSSR count). The second-order valence-electron chi connectivity index (χ2n) is 8.76. The van der Waals surface area contributed by atoms with Crippen LogP contribution in [0.2, 0.25) is 0 Å². The molecule has 0 bridgehead atoms. The first-order valence-corrected chi connectivity index (χ1v) is 12.7. The van der Waals surface area contributed by atoms with Crippen LogP contribution in [0, 0.1) is 17.1 Å². The molecular formula is C30H30FN5O3. The zero-order valence-corrected chi connectivity index (χ0v) is 21.9. The van der Waals surface area contributed by atoms with Crippen molar-refractivity contribution in [3.05, 3.63) is 84.3 Å². The van der Waals surface area contributed by atoms with Gasteiger partial charge in [0.15, 0.2) is 0 Å². The lowest BCUT2D eigenvalue weighted by atomic mass is 10.1. The molecule has 0 saturated heterocycles. The SMILES string of the molecule is CCN(CC)CCCOc1cc2nccc(Oc3ccc(N(C(N)=O)c4ccc(F)cc4)cc3)c2cc1C#N. The summed E-state index contributed by atoms with van der Waals surface area (Å²) in [5, 5.41) is 10.4. The average molecular weight is 528 g/mol. The Morgan fingerprint density at radius 3 is 2.28 bits per heavy atom. The van der Waals surface area contributed by atoms with Crippen LogP contribution in [0.25, 0.3) is 10.9 Å². The highest BCUT2D eigenvalue weighted by Crippen LogP contribution is 2.34. The Bertz CT molecular complexity index is 1470. The van der Waals surface area contributed by atoms with Crippen molar-refractivity contribution in [3.63, 3.8) is 0 Å². The lowest BCUT2D eigenvalue weighted by Gasteiger charge is -2.21. The van der Waals surface area contributed by atoms with Crippen LogP contribution in [0.4, 0.5) is 20.6 Å². The molecule has 0 aliphatic carbocycles. The van der Waals surface area contributed by atoms with Crippen LogP contribution in [-0.4, -0.2) is 42.2 Å². The number of anilines is 2. The van der Waals surface area contributed by atoms with E-state index in [1.165, 1.54) is 29.2 Å². The highest BCUT2D eigenvalue weighted by molar-refractivity contribution is 5.98. The van der Waals surface area contributed by atoms with Gasteiger partial charge in [0.2, 0.25) is 0 Å². The summed E-state index contributed by atoms with van der Waals surface area (Å²) in [6.45, 7) is 7.67. The van der Waals surface area contributed by atoms with Crippen LogP contribution in [0.15, 0.2) is 72.9 Å². The third kappa shape index (κ3) is 6.61. The van der Waals surface area contributed by atoms with Gasteiger partial charge in [0, 0.05) is 24.2 Å². The minimum atomic E-state index is -0.703. The van der Waals surface area contributed by atoms with E-state index in [0.29, 0.717) is 51.7 Å². The van der Waals surface area contributed by atoms with E-state index in [-0.39, 0.29) is 0 Å². The molecule has 9 heteroatoms. The molecule has 0 unspecified atom stereocenters. The molecule has 1 aromatic heterocycles. The van der Waals surface area contributed by atoms with Crippen LogP contribution in [0.1, 0.15) is 25.8 Å². The summed E-state index contributed by atoms with van der Waals surface area (Å²) < 4.78 is 25.4. The summed E-state index contributed by atoms with van der Waals surface area (Å²) in [6.07, 6.45) is 2.48. The number of aromatic nitrogens is 1. The Kier molecular flexibility index (Phi) is 8.92. The number of pyridine rings is 1. The zero-order valence-electron chi connectivity index (χ0n) is 21.9. The summed E-state index contributed by atoms with van der Waals surface area (Å²) in [7, 11) is 0. The number of nitrogens with two attached hydrogens (primary N) is 1. The molecule has 0 radical (unpaired) electrons. The molecule has 1 heterocycles. The summed E-state index contributed by atoms with van der Waals surface area (Å²) in [5.41, 5.74) is 7.55. The maximum Gasteiger partial charge on any atom is 0.323 e. The van der Waals surface area contributed by atoms with E-state index in [2.05, 4.69) is 29.8 Å². The normalized spacial score (nSPS) is 10.8. The fourth-order valence-corrected chi connectivity index (χ4v) is 4.24. The zero-order chi connectivity index (χ0) is 27.8. The molecule has 200 valence electrons. The Balaban J connectivity index is 1.53. The van der Waals surface area contributed by atoms with Crippen LogP contribution >= 0.6 is 0 Å². The number of urea groups is 1. The molecule has 2 amide bonds. The number of rotatable bonds is 11. The molecule has 0 aliphatic rings. The number of nitrogens with zero attached hydrogens (tertiary/aromatic N) is 4. The number of hydrogen-bond donors (Lipinski definition) is 1. The van der Waals surface area contributed by atoms with Crippen molar-refractivity contribution >= 4 is 28.3 Å². The van der Waals surface area contributed by atoms with E-state index in [9.17, 15) is 14.4 Å². The second kappa shape index (κ2) is 12.7. The third-order valence-corrected chi connectivity index (χ3v) is 6.32. The predicted molar refractivity (Wildman–Crippen MR) is 149 cm³/mol. The number of carbonyl (C=O) groups is 1. The summed E-state index contributed by atoms with van der Waals surface area (Å²) in [4.78, 5) is 20.1. The van der Waals surface area contributed by atoms with Crippen molar-refractivity contribution in [2.45, 2.75) is 20.3 Å². The van der Waals surface area contributed by atoms with E-state index in [1.807, 2.05) is 0 Å². The molecule has 2 N–H and O–H groups in total. The quantitative estimate of drug-likeness (QED) is 0.227. The molecule has 8 nitrogen and oxygen atoms in total. The van der Waals surface area contributed by atoms with Crippen LogP contribution < -0.4 is 20.1 Å². The van der Waals surface area contributed by atoms with Gasteiger partial charge in [-0.15, -0.1) is 0 Å². The van der Waals surface area contributed by atoms with E-state index < -0.39 is 11.8 Å². The summed E-state index contributed by atoms with van der Waals surface area (Å²) >= 11 is 0. The van der Waals surface area contributed by atoms with Crippen LogP contribution in [-0.2, 0) is 0 Å². The Labute approximate surface area is 227 Å². The van der Waals surface area contributed by atoms with Gasteiger partial charge in [-0.05, 0) is 80.2 Å². The molecule has 0 saturated carbocycles. The standard InChI is InChI=1S/C30H30FN5O3/c1-3-35(4-2)16-5-17-38-29-19-27-26(18-21(29)20-32)28(14-15-34-27)39-25-12-10-24(11-13-25)36(30(33)37)23-8-6-22(31)7-9-23/h6-15,18-19H,3-5,16-17H2,1-2H3,(H2,33,37). The van der Waals surface area contributed by atoms with Crippen molar-refractivity contribution in [1.29, 1.82) is 5.26 Å². The van der Waals surface area contributed by atoms with Gasteiger partial charge >= 0.3 is 6.03 Å². The molecule has 4 aromatic rings. The highest BCUT2D eigenvalue weighted by Gasteiger charge is 2.16. The molecule has 3 aromatic carbocycles. The average Bonchev–Trinajstić information content (AvgIpc) is 2.95. The number of primary amides is 1. The number of hydrogen-bond acceptors (Lipinski definition) is 6. The fraction of sp³-hybridized carbons (Fsp3) is 0.233. The first-order valence-electron chi connectivity index (χ1n) is 12.7.